The minimum absolute atomic E-state index is 0.0731. The van der Waals surface area contributed by atoms with Crippen LogP contribution in [0.5, 0.6) is 0 Å². The van der Waals surface area contributed by atoms with Gasteiger partial charge in [-0.3, -0.25) is 0 Å². The van der Waals surface area contributed by atoms with Crippen molar-refractivity contribution >= 4 is 28.4 Å². The molecule has 0 aliphatic rings. The smallest absolute Gasteiger partial charge is 0.143 e. The van der Waals surface area contributed by atoms with E-state index in [1.54, 1.807) is 6.33 Å². The Labute approximate surface area is 98.9 Å². The highest BCUT2D eigenvalue weighted by Crippen LogP contribution is 2.28. The molecule has 4 heteroatoms. The second-order valence-corrected chi connectivity index (χ2v) is 5.24. The maximum atomic E-state index is 4.33. The zero-order chi connectivity index (χ0) is 10.8. The first kappa shape index (κ1) is 11.7. The van der Waals surface area contributed by atoms with Gasteiger partial charge in [-0.25, -0.2) is 9.97 Å². The molecule has 1 heterocycles. The molecule has 0 saturated carbocycles. The van der Waals surface area contributed by atoms with Crippen molar-refractivity contribution in [3.8, 4) is 0 Å². The van der Waals surface area contributed by atoms with E-state index in [1.807, 2.05) is 0 Å². The van der Waals surface area contributed by atoms with Crippen molar-refractivity contribution in [3.63, 3.8) is 0 Å². The number of nitrogens with one attached hydrogen (secondary N) is 1. The van der Waals surface area contributed by atoms with Gasteiger partial charge in [0.15, 0.2) is 0 Å². The van der Waals surface area contributed by atoms with Crippen molar-refractivity contribution in [3.05, 3.63) is 15.6 Å². The third-order valence-corrected chi connectivity index (χ3v) is 2.87. The minimum Gasteiger partial charge on any atom is -0.369 e. The summed E-state index contributed by atoms with van der Waals surface area (Å²) in [6, 6.07) is 0. The number of nitrogens with zero attached hydrogens (tertiary/aromatic N) is 2. The number of aromatic nitrogens is 2. The molecule has 0 aliphatic carbocycles. The van der Waals surface area contributed by atoms with Crippen LogP contribution in [-0.4, -0.2) is 16.5 Å². The van der Waals surface area contributed by atoms with E-state index < -0.39 is 0 Å². The van der Waals surface area contributed by atoms with Crippen LogP contribution < -0.4 is 5.32 Å². The van der Waals surface area contributed by atoms with Crippen LogP contribution in [0.25, 0.3) is 0 Å². The van der Waals surface area contributed by atoms with E-state index in [-0.39, 0.29) is 5.41 Å². The SMILES string of the molecule is CCNc1ncnc(C(C)(C)C)c1I. The lowest BCUT2D eigenvalue weighted by molar-refractivity contribution is 0.563. The van der Waals surface area contributed by atoms with Crippen LogP contribution in [0, 0.1) is 3.57 Å². The fourth-order valence-corrected chi connectivity index (χ4v) is 2.46. The Morgan fingerprint density at radius 2 is 2.00 bits per heavy atom. The summed E-state index contributed by atoms with van der Waals surface area (Å²) in [5, 5.41) is 3.23. The van der Waals surface area contributed by atoms with Gasteiger partial charge >= 0.3 is 0 Å². The number of halogens is 1. The molecule has 0 aromatic carbocycles. The summed E-state index contributed by atoms with van der Waals surface area (Å²) in [6.07, 6.45) is 1.63. The molecular formula is C10H16IN3. The zero-order valence-electron chi connectivity index (χ0n) is 9.06. The summed E-state index contributed by atoms with van der Waals surface area (Å²) >= 11 is 2.30. The first-order chi connectivity index (χ1) is 6.46. The summed E-state index contributed by atoms with van der Waals surface area (Å²) in [5.41, 5.74) is 1.17. The highest BCUT2D eigenvalue weighted by molar-refractivity contribution is 14.1. The Morgan fingerprint density at radius 1 is 1.36 bits per heavy atom. The summed E-state index contributed by atoms with van der Waals surface area (Å²) < 4.78 is 1.12. The average molecular weight is 305 g/mol. The Bertz CT molecular complexity index is 318. The highest BCUT2D eigenvalue weighted by Gasteiger charge is 2.20. The molecular weight excluding hydrogens is 289 g/mol. The van der Waals surface area contributed by atoms with Crippen LogP contribution in [-0.2, 0) is 5.41 Å². The fraction of sp³-hybridized carbons (Fsp3) is 0.600. The second kappa shape index (κ2) is 4.42. The van der Waals surface area contributed by atoms with Gasteiger partial charge < -0.3 is 5.32 Å². The van der Waals surface area contributed by atoms with Gasteiger partial charge in [-0.05, 0) is 29.5 Å². The van der Waals surface area contributed by atoms with Crippen molar-refractivity contribution < 1.29 is 0 Å². The molecule has 0 spiro atoms. The van der Waals surface area contributed by atoms with Gasteiger partial charge in [-0.15, -0.1) is 0 Å². The van der Waals surface area contributed by atoms with E-state index in [0.717, 1.165) is 21.6 Å². The maximum absolute atomic E-state index is 4.33. The van der Waals surface area contributed by atoms with Crippen LogP contribution in [0.2, 0.25) is 0 Å². The quantitative estimate of drug-likeness (QED) is 0.854. The lowest BCUT2D eigenvalue weighted by Gasteiger charge is -2.20. The molecule has 1 rings (SSSR count). The number of anilines is 1. The Kier molecular flexibility index (Phi) is 3.69. The monoisotopic (exact) mass is 305 g/mol. The Morgan fingerprint density at radius 3 is 2.50 bits per heavy atom. The predicted octanol–water partition coefficient (Wildman–Crippen LogP) is 2.81. The normalized spacial score (nSPS) is 11.5. The standard InChI is InChI=1S/C10H16IN3/c1-5-12-9-7(11)8(10(2,3)4)13-6-14-9/h6H,5H2,1-4H3,(H,12,13,14). The Balaban J connectivity index is 3.14. The maximum Gasteiger partial charge on any atom is 0.143 e. The minimum atomic E-state index is 0.0731. The van der Waals surface area contributed by atoms with Gasteiger partial charge in [0, 0.05) is 12.0 Å². The number of hydrogen-bond acceptors (Lipinski definition) is 3. The van der Waals surface area contributed by atoms with E-state index in [0.29, 0.717) is 0 Å². The molecule has 3 nitrogen and oxygen atoms in total. The van der Waals surface area contributed by atoms with E-state index in [1.165, 1.54) is 0 Å². The van der Waals surface area contributed by atoms with Crippen molar-refractivity contribution in [2.24, 2.45) is 0 Å². The van der Waals surface area contributed by atoms with Gasteiger partial charge in [0.2, 0.25) is 0 Å². The highest BCUT2D eigenvalue weighted by atomic mass is 127. The van der Waals surface area contributed by atoms with Crippen molar-refractivity contribution in [2.75, 3.05) is 11.9 Å². The second-order valence-electron chi connectivity index (χ2n) is 4.17. The van der Waals surface area contributed by atoms with Gasteiger partial charge in [0.25, 0.3) is 0 Å². The molecule has 78 valence electrons. The van der Waals surface area contributed by atoms with Crippen LogP contribution in [0.4, 0.5) is 5.82 Å². The third kappa shape index (κ3) is 2.56. The van der Waals surface area contributed by atoms with Gasteiger partial charge in [-0.2, -0.15) is 0 Å². The van der Waals surface area contributed by atoms with Gasteiger partial charge in [0.05, 0.1) is 9.26 Å². The zero-order valence-corrected chi connectivity index (χ0v) is 11.2. The van der Waals surface area contributed by atoms with Crippen molar-refractivity contribution in [1.82, 2.24) is 9.97 Å². The average Bonchev–Trinajstić information content (AvgIpc) is 2.07. The predicted molar refractivity (Wildman–Crippen MR) is 67.6 cm³/mol. The summed E-state index contributed by atoms with van der Waals surface area (Å²) in [4.78, 5) is 8.55. The topological polar surface area (TPSA) is 37.8 Å². The molecule has 0 bridgehead atoms. The molecule has 1 aromatic heterocycles. The van der Waals surface area contributed by atoms with Crippen molar-refractivity contribution in [1.29, 1.82) is 0 Å². The lowest BCUT2D eigenvalue weighted by Crippen LogP contribution is -2.17. The molecule has 1 N–H and O–H groups in total. The van der Waals surface area contributed by atoms with E-state index in [4.69, 9.17) is 0 Å². The largest absolute Gasteiger partial charge is 0.369 e. The molecule has 0 fully saturated rings. The van der Waals surface area contributed by atoms with Crippen molar-refractivity contribution in [2.45, 2.75) is 33.1 Å². The molecule has 0 aliphatic heterocycles. The molecule has 14 heavy (non-hydrogen) atoms. The van der Waals surface area contributed by atoms with Crippen LogP contribution in [0.15, 0.2) is 6.33 Å². The van der Waals surface area contributed by atoms with E-state index >= 15 is 0 Å². The van der Waals surface area contributed by atoms with Gasteiger partial charge in [-0.1, -0.05) is 20.8 Å². The Hall–Kier alpha value is -0.390. The van der Waals surface area contributed by atoms with Crippen LogP contribution in [0.1, 0.15) is 33.4 Å². The summed E-state index contributed by atoms with van der Waals surface area (Å²) in [7, 11) is 0. The van der Waals surface area contributed by atoms with Gasteiger partial charge in [0.1, 0.15) is 12.1 Å². The number of hydrogen-bond donors (Lipinski definition) is 1. The van der Waals surface area contributed by atoms with Crippen LogP contribution in [0.3, 0.4) is 0 Å². The molecule has 0 saturated heterocycles. The van der Waals surface area contributed by atoms with Crippen LogP contribution >= 0.6 is 22.6 Å². The number of rotatable bonds is 2. The first-order valence-electron chi connectivity index (χ1n) is 4.71. The molecule has 0 radical (unpaired) electrons. The third-order valence-electron chi connectivity index (χ3n) is 1.84. The lowest BCUT2D eigenvalue weighted by atomic mass is 9.92. The summed E-state index contributed by atoms with van der Waals surface area (Å²) in [5.74, 6) is 0.938. The first-order valence-corrected chi connectivity index (χ1v) is 5.79. The molecule has 0 unspecified atom stereocenters. The summed E-state index contributed by atoms with van der Waals surface area (Å²) in [6.45, 7) is 9.43. The molecule has 0 atom stereocenters. The van der Waals surface area contributed by atoms with E-state index in [9.17, 15) is 0 Å². The molecule has 1 aromatic rings. The fourth-order valence-electron chi connectivity index (χ4n) is 1.18. The van der Waals surface area contributed by atoms with E-state index in [2.05, 4.69) is 65.6 Å². The molecule has 0 amide bonds.